The molecule has 0 radical (unpaired) electrons. The monoisotopic (exact) mass is 598 g/mol. The first kappa shape index (κ1) is 32.8. The topological polar surface area (TPSA) is 84.9 Å². The molecule has 0 spiro atoms. The van der Waals surface area contributed by atoms with Crippen molar-refractivity contribution in [3.05, 3.63) is 101 Å². The average molecular weight is 599 g/mol. The van der Waals surface area contributed by atoms with Gasteiger partial charge >= 0.3 is 5.97 Å². The highest BCUT2D eigenvalue weighted by Crippen LogP contribution is 2.22. The van der Waals surface area contributed by atoms with Crippen LogP contribution in [0.2, 0.25) is 0 Å². The molecule has 4 rings (SSSR count). The Hall–Kier alpha value is -4.13. The van der Waals surface area contributed by atoms with Gasteiger partial charge in [0.2, 0.25) is 11.8 Å². The summed E-state index contributed by atoms with van der Waals surface area (Å²) in [4.78, 5) is 40.1. The molecule has 1 atom stereocenters. The van der Waals surface area contributed by atoms with E-state index in [2.05, 4.69) is 43.4 Å². The number of ether oxygens (including phenoxy) is 2. The van der Waals surface area contributed by atoms with Crippen LogP contribution in [0, 0.1) is 5.92 Å². The zero-order valence-electron chi connectivity index (χ0n) is 26.3. The van der Waals surface area contributed by atoms with Crippen molar-refractivity contribution in [2.75, 3.05) is 20.2 Å². The Labute approximate surface area is 261 Å². The minimum Gasteiger partial charge on any atom is -0.489 e. The third kappa shape index (κ3) is 10.2. The maximum absolute atomic E-state index is 12.9. The molecule has 0 bridgehead atoms. The van der Waals surface area contributed by atoms with Crippen molar-refractivity contribution in [3.63, 3.8) is 0 Å². The van der Waals surface area contributed by atoms with Gasteiger partial charge in [-0.25, -0.2) is 4.79 Å². The van der Waals surface area contributed by atoms with Crippen LogP contribution in [0.4, 0.5) is 0 Å². The number of piperidine rings is 1. The van der Waals surface area contributed by atoms with E-state index < -0.39 is 12.0 Å². The fourth-order valence-corrected chi connectivity index (χ4v) is 5.58. The van der Waals surface area contributed by atoms with Gasteiger partial charge in [0, 0.05) is 25.9 Å². The Bertz CT molecular complexity index is 1330. The molecule has 0 aliphatic carbocycles. The number of hydrogen-bond donors (Lipinski definition) is 1. The molecular weight excluding hydrogens is 552 g/mol. The summed E-state index contributed by atoms with van der Waals surface area (Å²) < 4.78 is 10.8. The smallest absolute Gasteiger partial charge is 0.328 e. The van der Waals surface area contributed by atoms with E-state index in [4.69, 9.17) is 9.47 Å². The van der Waals surface area contributed by atoms with Gasteiger partial charge in [0.05, 0.1) is 7.11 Å². The SMILES string of the molecule is COC(=O)[C@H](CCc1ccc(OCc2ccccc2)cc1)NC(=O)CC1CCN(C(=O)CCc2ccc(C(C)C)cc2)CC1. The van der Waals surface area contributed by atoms with Crippen molar-refractivity contribution in [3.8, 4) is 5.75 Å². The van der Waals surface area contributed by atoms with Gasteiger partial charge in [0.25, 0.3) is 0 Å². The van der Waals surface area contributed by atoms with Gasteiger partial charge in [-0.05, 0) is 78.3 Å². The summed E-state index contributed by atoms with van der Waals surface area (Å²) >= 11 is 0. The molecule has 3 aromatic rings. The van der Waals surface area contributed by atoms with E-state index in [1.165, 1.54) is 18.2 Å². The molecule has 1 N–H and O–H groups in total. The molecule has 0 unspecified atom stereocenters. The van der Waals surface area contributed by atoms with Gasteiger partial charge in [-0.3, -0.25) is 9.59 Å². The Morgan fingerprint density at radius 2 is 1.48 bits per heavy atom. The predicted molar refractivity (Wildman–Crippen MR) is 172 cm³/mol. The van der Waals surface area contributed by atoms with Crippen LogP contribution in [-0.2, 0) is 38.6 Å². The van der Waals surface area contributed by atoms with Crippen LogP contribution in [0.25, 0.3) is 0 Å². The summed E-state index contributed by atoms with van der Waals surface area (Å²) in [6.07, 6.45) is 4.19. The Balaban J connectivity index is 1.17. The van der Waals surface area contributed by atoms with Crippen molar-refractivity contribution >= 4 is 17.8 Å². The van der Waals surface area contributed by atoms with Crippen LogP contribution in [0.3, 0.4) is 0 Å². The number of carbonyl (C=O) groups excluding carboxylic acids is 3. The zero-order valence-corrected chi connectivity index (χ0v) is 26.3. The highest BCUT2D eigenvalue weighted by molar-refractivity contribution is 5.84. The first-order valence-corrected chi connectivity index (χ1v) is 15.8. The maximum atomic E-state index is 12.9. The quantitative estimate of drug-likeness (QED) is 0.222. The van der Waals surface area contributed by atoms with Crippen molar-refractivity contribution in [1.29, 1.82) is 0 Å². The van der Waals surface area contributed by atoms with E-state index >= 15 is 0 Å². The normalized spacial score (nSPS) is 14.2. The molecule has 1 aliphatic rings. The number of esters is 1. The molecule has 44 heavy (non-hydrogen) atoms. The number of amides is 2. The zero-order chi connectivity index (χ0) is 31.3. The number of nitrogens with one attached hydrogen (secondary N) is 1. The molecule has 7 heteroatoms. The maximum Gasteiger partial charge on any atom is 0.328 e. The Kier molecular flexibility index (Phi) is 12.4. The molecule has 1 heterocycles. The van der Waals surface area contributed by atoms with E-state index in [9.17, 15) is 14.4 Å². The van der Waals surface area contributed by atoms with Crippen LogP contribution in [-0.4, -0.2) is 48.9 Å². The number of carbonyl (C=O) groups is 3. The average Bonchev–Trinajstić information content (AvgIpc) is 3.05. The van der Waals surface area contributed by atoms with Gasteiger partial charge in [0.1, 0.15) is 18.4 Å². The van der Waals surface area contributed by atoms with Crippen LogP contribution < -0.4 is 10.1 Å². The summed E-state index contributed by atoms with van der Waals surface area (Å²) in [6.45, 7) is 6.17. The molecular formula is C37H46N2O5. The standard InChI is InChI=1S/C37H46N2O5/c1-27(2)32-15-9-28(10-16-32)14-20-36(41)39-23-21-30(22-24-39)25-35(40)38-34(37(42)43-3)19-13-29-11-17-33(18-12-29)44-26-31-7-5-4-6-8-31/h4-12,15-18,27,30,34H,13-14,19-26H2,1-3H3,(H,38,40)/t34-/m0/s1. The molecule has 1 fully saturated rings. The first-order valence-electron chi connectivity index (χ1n) is 15.8. The number of likely N-dealkylation sites (tertiary alicyclic amines) is 1. The first-order chi connectivity index (χ1) is 21.3. The van der Waals surface area contributed by atoms with Gasteiger partial charge in [-0.2, -0.15) is 0 Å². The van der Waals surface area contributed by atoms with E-state index in [1.807, 2.05) is 59.5 Å². The second-order valence-electron chi connectivity index (χ2n) is 12.0. The van der Waals surface area contributed by atoms with Crippen molar-refractivity contribution in [2.45, 2.75) is 77.4 Å². The number of rotatable bonds is 14. The van der Waals surface area contributed by atoms with E-state index in [-0.39, 0.29) is 17.7 Å². The minimum atomic E-state index is -0.710. The van der Waals surface area contributed by atoms with Gasteiger partial charge in [-0.1, -0.05) is 80.6 Å². The van der Waals surface area contributed by atoms with E-state index in [0.29, 0.717) is 51.3 Å². The van der Waals surface area contributed by atoms with Crippen LogP contribution in [0.15, 0.2) is 78.9 Å². The molecule has 0 saturated carbocycles. The lowest BCUT2D eigenvalue weighted by Crippen LogP contribution is -2.44. The van der Waals surface area contributed by atoms with Crippen LogP contribution in [0.1, 0.15) is 74.1 Å². The van der Waals surface area contributed by atoms with Gasteiger partial charge in [0.15, 0.2) is 0 Å². The largest absolute Gasteiger partial charge is 0.489 e. The van der Waals surface area contributed by atoms with Crippen LogP contribution >= 0.6 is 0 Å². The predicted octanol–water partition coefficient (Wildman–Crippen LogP) is 6.24. The molecule has 234 valence electrons. The third-order valence-electron chi connectivity index (χ3n) is 8.43. The summed E-state index contributed by atoms with van der Waals surface area (Å²) in [5.74, 6) is 1.03. The van der Waals surface area contributed by atoms with Crippen molar-refractivity contribution in [2.24, 2.45) is 5.92 Å². The molecule has 1 saturated heterocycles. The third-order valence-corrected chi connectivity index (χ3v) is 8.43. The number of benzene rings is 3. The lowest BCUT2D eigenvalue weighted by Gasteiger charge is -2.32. The second kappa shape index (κ2) is 16.6. The molecule has 3 aromatic carbocycles. The van der Waals surface area contributed by atoms with Gasteiger partial charge in [-0.15, -0.1) is 0 Å². The molecule has 7 nitrogen and oxygen atoms in total. The van der Waals surface area contributed by atoms with E-state index in [1.54, 1.807) is 0 Å². The lowest BCUT2D eigenvalue weighted by atomic mass is 9.92. The second-order valence-corrected chi connectivity index (χ2v) is 12.0. The number of hydrogen-bond acceptors (Lipinski definition) is 5. The Morgan fingerprint density at radius 3 is 2.11 bits per heavy atom. The highest BCUT2D eigenvalue weighted by Gasteiger charge is 2.27. The fourth-order valence-electron chi connectivity index (χ4n) is 5.58. The summed E-state index contributed by atoms with van der Waals surface area (Å²) in [5.41, 5.74) is 4.63. The summed E-state index contributed by atoms with van der Waals surface area (Å²) in [7, 11) is 1.34. The lowest BCUT2D eigenvalue weighted by molar-refractivity contribution is -0.145. The van der Waals surface area contributed by atoms with Crippen LogP contribution in [0.5, 0.6) is 5.75 Å². The molecule has 1 aliphatic heterocycles. The summed E-state index contributed by atoms with van der Waals surface area (Å²) in [5, 5.41) is 2.90. The number of methoxy groups -OCH3 is 1. The van der Waals surface area contributed by atoms with Crippen molar-refractivity contribution in [1.82, 2.24) is 10.2 Å². The highest BCUT2D eigenvalue weighted by atomic mass is 16.5. The van der Waals surface area contributed by atoms with Crippen molar-refractivity contribution < 1.29 is 23.9 Å². The summed E-state index contributed by atoms with van der Waals surface area (Å²) in [6, 6.07) is 25.6. The van der Waals surface area contributed by atoms with E-state index in [0.717, 1.165) is 36.1 Å². The molecule has 0 aromatic heterocycles. The van der Waals surface area contributed by atoms with Gasteiger partial charge < -0.3 is 19.7 Å². The fraction of sp³-hybridized carbons (Fsp3) is 0.432. The molecule has 2 amide bonds. The number of aryl methyl sites for hydroxylation is 2. The Morgan fingerprint density at radius 1 is 0.841 bits per heavy atom. The minimum absolute atomic E-state index is 0.153. The number of nitrogens with zero attached hydrogens (tertiary/aromatic N) is 1.